The number of para-hydroxylation sites is 1. The number of phenols is 1. The monoisotopic (exact) mass is 1320 g/mol. The number of carboxylic acid groups (broad SMARTS) is 1. The molecule has 94 heavy (non-hydrogen) atoms. The molecule has 4 heterocycles. The van der Waals surface area contributed by atoms with Crippen LogP contribution in [0.1, 0.15) is 103 Å². The van der Waals surface area contributed by atoms with Gasteiger partial charge in [-0.25, -0.2) is 9.78 Å². The van der Waals surface area contributed by atoms with Crippen LogP contribution < -0.4 is 59.3 Å². The van der Waals surface area contributed by atoms with Gasteiger partial charge in [-0.3, -0.25) is 52.9 Å². The van der Waals surface area contributed by atoms with Gasteiger partial charge >= 0.3 is 12.1 Å². The SMILES string of the molecule is CCNC(=O)[C@@H]1CCCN1C(=O)[C@H](CCCN=C(N)N)NC(=O)[C@H](CC(C)C)NC(=O)[C@@H](CC(C)C)NC(=O)[C@H](Cc1ccc(O)cc1)NC(=O)[C@@H](CO)NC(=O)[C@H](Cc1c[nH]c2ccccc12)NC(=O)[C@H](Cc1cnc[nH]1)NC(=O)[C@@H]1CCC(=O)N1.O=C(O)C(F)(F)F. The number of carbonyl (C=O) groups is 11. The molecule has 2 aliphatic heterocycles. The van der Waals surface area contributed by atoms with Crippen LogP contribution in [0.2, 0.25) is 0 Å². The number of nitrogens with one attached hydrogen (secondary N) is 11. The number of H-pyrrole nitrogens is 2. The van der Waals surface area contributed by atoms with Crippen molar-refractivity contribution >= 4 is 81.9 Å². The Hall–Kier alpha value is -9.82. The number of fused-ring (bicyclic) bond motifs is 1. The fraction of sp³-hybridized carbons (Fsp3) is 0.525. The van der Waals surface area contributed by atoms with Crippen molar-refractivity contribution in [3.8, 4) is 5.75 Å². The number of alkyl halides is 3. The van der Waals surface area contributed by atoms with Gasteiger partial charge in [-0.1, -0.05) is 58.0 Å². The number of hydrogen-bond donors (Lipinski definition) is 16. The van der Waals surface area contributed by atoms with Crippen LogP contribution in [0.4, 0.5) is 13.2 Å². The second-order valence-electron chi connectivity index (χ2n) is 23.6. The molecule has 0 radical (unpaired) electrons. The average molecular weight is 1320 g/mol. The third kappa shape index (κ3) is 23.4. The molecule has 0 bridgehead atoms. The molecule has 18 N–H and O–H groups in total. The summed E-state index contributed by atoms with van der Waals surface area (Å²) in [5.74, 6) is -10.3. The van der Waals surface area contributed by atoms with Gasteiger partial charge in [0.25, 0.3) is 0 Å². The van der Waals surface area contributed by atoms with Crippen LogP contribution in [0, 0.1) is 11.8 Å². The Balaban J connectivity index is 0.00000216. The number of phenolic OH excluding ortho intramolecular Hbond substituents is 1. The summed E-state index contributed by atoms with van der Waals surface area (Å²) in [6.45, 7) is 8.82. The van der Waals surface area contributed by atoms with Gasteiger partial charge < -0.3 is 89.5 Å². The number of aliphatic carboxylic acids is 1. The van der Waals surface area contributed by atoms with Gasteiger partial charge in [0.15, 0.2) is 5.96 Å². The fourth-order valence-electron chi connectivity index (χ4n) is 10.5. The summed E-state index contributed by atoms with van der Waals surface area (Å²) in [4.78, 5) is 164. The first-order chi connectivity index (χ1) is 44.5. The molecule has 6 rings (SSSR count). The number of benzene rings is 2. The minimum absolute atomic E-state index is 0.0397. The number of aromatic nitrogens is 3. The van der Waals surface area contributed by atoms with Gasteiger partial charge in [-0.05, 0) is 93.0 Å². The smallest absolute Gasteiger partial charge is 0.490 e. The van der Waals surface area contributed by atoms with Crippen molar-refractivity contribution in [2.24, 2.45) is 28.3 Å². The number of aromatic amines is 2. The molecule has 0 unspecified atom stereocenters. The van der Waals surface area contributed by atoms with Crippen LogP contribution in [0.15, 0.2) is 72.2 Å². The van der Waals surface area contributed by atoms with Crippen LogP contribution >= 0.6 is 0 Å². The first-order valence-electron chi connectivity index (χ1n) is 30.7. The van der Waals surface area contributed by atoms with E-state index in [1.807, 2.05) is 19.9 Å². The molecule has 33 heteroatoms. The molecule has 10 amide bonds. The number of aliphatic hydroxyl groups is 1. The number of likely N-dealkylation sites (tertiary alicyclic amines) is 1. The third-order valence-corrected chi connectivity index (χ3v) is 15.2. The van der Waals surface area contributed by atoms with Crippen molar-refractivity contribution in [3.63, 3.8) is 0 Å². The first kappa shape index (κ1) is 74.9. The largest absolute Gasteiger partial charge is 0.508 e. The molecule has 9 atom stereocenters. The molecule has 2 saturated heterocycles. The van der Waals surface area contributed by atoms with Gasteiger partial charge in [0.05, 0.1) is 12.9 Å². The van der Waals surface area contributed by atoms with Crippen molar-refractivity contribution in [1.29, 1.82) is 0 Å². The number of aliphatic imine (C=N–C) groups is 1. The molecule has 2 aliphatic rings. The maximum Gasteiger partial charge on any atom is 0.490 e. The number of guanidine groups is 1. The molecule has 30 nitrogen and oxygen atoms in total. The zero-order valence-corrected chi connectivity index (χ0v) is 52.8. The molecule has 2 aromatic carbocycles. The third-order valence-electron chi connectivity index (χ3n) is 15.2. The number of carbonyl (C=O) groups excluding carboxylic acids is 10. The number of amides is 10. The lowest BCUT2D eigenvalue weighted by Crippen LogP contribution is -2.61. The summed E-state index contributed by atoms with van der Waals surface area (Å²) in [7, 11) is 0. The Labute approximate surface area is 539 Å². The Kier molecular flexibility index (Phi) is 28.6. The number of carboxylic acids is 1. The highest BCUT2D eigenvalue weighted by Gasteiger charge is 2.41. The Morgan fingerprint density at radius 2 is 1.26 bits per heavy atom. The summed E-state index contributed by atoms with van der Waals surface area (Å²) in [6.07, 6.45) is 0.721. The number of halogens is 3. The van der Waals surface area contributed by atoms with Crippen LogP contribution in [0.3, 0.4) is 0 Å². The van der Waals surface area contributed by atoms with Crippen LogP contribution in [-0.2, 0) is 72.0 Å². The lowest BCUT2D eigenvalue weighted by Gasteiger charge is -2.31. The number of hydrogen-bond acceptors (Lipinski definition) is 15. The predicted molar refractivity (Wildman–Crippen MR) is 334 cm³/mol. The maximum absolute atomic E-state index is 14.7. The molecule has 0 spiro atoms. The minimum Gasteiger partial charge on any atom is -0.508 e. The van der Waals surface area contributed by atoms with Crippen LogP contribution in [0.5, 0.6) is 5.75 Å². The lowest BCUT2D eigenvalue weighted by molar-refractivity contribution is -0.192. The van der Waals surface area contributed by atoms with E-state index >= 15 is 0 Å². The van der Waals surface area contributed by atoms with Gasteiger partial charge in [-0.15, -0.1) is 0 Å². The second-order valence-corrected chi connectivity index (χ2v) is 23.6. The van der Waals surface area contributed by atoms with Crippen LogP contribution in [0.25, 0.3) is 10.9 Å². The van der Waals surface area contributed by atoms with E-state index in [-0.39, 0.29) is 106 Å². The first-order valence-corrected chi connectivity index (χ1v) is 30.7. The number of aromatic hydroxyl groups is 1. The average Bonchev–Trinajstić information content (AvgIpc) is 2.61. The van der Waals surface area contributed by atoms with Crippen molar-refractivity contribution in [1.82, 2.24) is 67.7 Å². The fourth-order valence-corrected chi connectivity index (χ4v) is 10.5. The van der Waals surface area contributed by atoms with E-state index in [9.17, 15) is 71.3 Å². The van der Waals surface area contributed by atoms with Crippen molar-refractivity contribution in [2.45, 2.75) is 166 Å². The summed E-state index contributed by atoms with van der Waals surface area (Å²) in [5, 5.41) is 53.0. The standard InChI is InChI=1S/C59H84N16O12.C2HF3O2/c1-6-63-57(86)48-14-10-22-75(48)58(87)41(13-9-21-64-59(60)61)68-51(80)42(23-32(2)3)69-52(81)43(24-33(4)5)70-53(82)44(25-34-15-17-37(77)18-16-34)71-56(85)47(30-76)74-54(83)45(26-35-28-65-39-12-8-7-11-38(35)39)72-55(84)46(27-36-29-62-31-66-36)73-50(79)40-19-20-49(78)67-40;3-2(4,5)1(6)7/h7-8,11-12,15-18,28-29,31-33,40-48,65,76-77H,6,9-10,13-14,19-27,30H2,1-5H3,(H,62,66)(H,63,86)(H,67,78)(H,68,80)(H,69,81)(H,70,82)(H,71,85)(H,72,84)(H,73,79)(H,74,83)(H4,60,61,64);(H,6,7)/t40-,41-,42-,43+,44-,45-,46-,47+,48-;/m0./s1. The van der Waals surface area contributed by atoms with E-state index in [1.54, 1.807) is 45.2 Å². The molecule has 514 valence electrons. The number of likely N-dealkylation sites (N-methyl/N-ethyl adjacent to an activating group) is 1. The normalized spacial score (nSPS) is 16.7. The van der Waals surface area contributed by atoms with E-state index in [0.29, 0.717) is 41.6 Å². The van der Waals surface area contributed by atoms with E-state index in [2.05, 4.69) is 67.8 Å². The highest BCUT2D eigenvalue weighted by molar-refractivity contribution is 5.99. The molecule has 2 aromatic heterocycles. The molecular formula is C61H85F3N16O14. The van der Waals surface area contributed by atoms with E-state index in [0.717, 1.165) is 5.52 Å². The number of aliphatic hydroxyl groups excluding tert-OH is 1. The van der Waals surface area contributed by atoms with Crippen molar-refractivity contribution in [3.05, 3.63) is 84.1 Å². The molecule has 4 aromatic rings. The van der Waals surface area contributed by atoms with E-state index < -0.39 is 120 Å². The van der Waals surface area contributed by atoms with Crippen molar-refractivity contribution < 1.29 is 81.2 Å². The topological polar surface area (TPSA) is 469 Å². The maximum atomic E-state index is 14.7. The van der Waals surface area contributed by atoms with E-state index in [4.69, 9.17) is 21.4 Å². The van der Waals surface area contributed by atoms with Gasteiger partial charge in [0.1, 0.15) is 60.1 Å². The number of nitrogens with two attached hydrogens (primary N) is 2. The Bertz CT molecular complexity index is 3290. The summed E-state index contributed by atoms with van der Waals surface area (Å²) >= 11 is 0. The second kappa shape index (κ2) is 35.8. The molecule has 0 aliphatic carbocycles. The zero-order valence-electron chi connectivity index (χ0n) is 52.8. The van der Waals surface area contributed by atoms with Gasteiger partial charge in [0, 0.05) is 74.3 Å². The zero-order chi connectivity index (χ0) is 69.4. The molecular weight excluding hydrogens is 1240 g/mol. The minimum atomic E-state index is -5.08. The summed E-state index contributed by atoms with van der Waals surface area (Å²) in [5.41, 5.74) is 13.3. The number of rotatable bonds is 32. The Morgan fingerprint density at radius 3 is 1.79 bits per heavy atom. The highest BCUT2D eigenvalue weighted by Crippen LogP contribution is 2.23. The Morgan fingerprint density at radius 1 is 0.713 bits per heavy atom. The van der Waals surface area contributed by atoms with Gasteiger partial charge in [0.2, 0.25) is 59.1 Å². The van der Waals surface area contributed by atoms with Gasteiger partial charge in [-0.2, -0.15) is 13.2 Å². The summed E-state index contributed by atoms with van der Waals surface area (Å²) < 4.78 is 31.7. The van der Waals surface area contributed by atoms with Crippen molar-refractivity contribution in [2.75, 3.05) is 26.2 Å². The quantitative estimate of drug-likeness (QED) is 0.0162. The molecule has 0 saturated carbocycles. The highest BCUT2D eigenvalue weighted by atomic mass is 19.4. The molecule has 2 fully saturated rings. The number of imidazole rings is 1. The predicted octanol–water partition coefficient (Wildman–Crippen LogP) is -0.805. The van der Waals surface area contributed by atoms with E-state index in [1.165, 1.54) is 41.7 Å². The number of nitrogens with zero attached hydrogens (tertiary/aromatic N) is 3. The van der Waals surface area contributed by atoms with Crippen LogP contribution in [-0.4, -0.2) is 193 Å². The summed E-state index contributed by atoms with van der Waals surface area (Å²) in [6, 6.07) is 1.58. The lowest BCUT2D eigenvalue weighted by atomic mass is 9.98.